The van der Waals surface area contributed by atoms with E-state index in [1.807, 2.05) is 24.3 Å². The molecule has 4 nitrogen and oxygen atoms in total. The second kappa shape index (κ2) is 7.05. The Balaban J connectivity index is 1.62. The minimum absolute atomic E-state index is 0.329. The fraction of sp³-hybridized carbons (Fsp3) is 0.222. The van der Waals surface area contributed by atoms with Crippen molar-refractivity contribution in [3.8, 4) is 5.75 Å². The van der Waals surface area contributed by atoms with Gasteiger partial charge >= 0.3 is 0 Å². The predicted octanol–water partition coefficient (Wildman–Crippen LogP) is 3.82. The number of anilines is 1. The van der Waals surface area contributed by atoms with Gasteiger partial charge in [-0.2, -0.15) is 0 Å². The number of hydrogen-bond donors (Lipinski definition) is 1. The summed E-state index contributed by atoms with van der Waals surface area (Å²) in [6.45, 7) is 0.750. The van der Waals surface area contributed by atoms with Gasteiger partial charge in [-0.15, -0.1) is 0 Å². The molecule has 0 atom stereocenters. The molecule has 0 unspecified atom stereocenters. The zero-order chi connectivity index (χ0) is 16.1. The van der Waals surface area contributed by atoms with Gasteiger partial charge in [-0.1, -0.05) is 18.2 Å². The number of hydrogen-bond acceptors (Lipinski definition) is 4. The van der Waals surface area contributed by atoms with Crippen LogP contribution >= 0.6 is 0 Å². The van der Waals surface area contributed by atoms with Gasteiger partial charge in [0.1, 0.15) is 29.2 Å². The molecule has 1 aromatic heterocycles. The lowest BCUT2D eigenvalue weighted by Crippen LogP contribution is -2.06. The standard InChI is InChI=1S/C18H18FN3O/c1-23-14-7-2-5-13(11-14)6-4-10-20-18-15-8-3-9-16(19)17(15)21-12-22-18/h2-3,5,7-9,11-12H,4,6,10H2,1H3,(H,20,21,22). The van der Waals surface area contributed by atoms with Crippen molar-refractivity contribution in [2.75, 3.05) is 19.0 Å². The Kier molecular flexibility index (Phi) is 4.66. The van der Waals surface area contributed by atoms with Crippen molar-refractivity contribution < 1.29 is 9.13 Å². The molecule has 118 valence electrons. The van der Waals surface area contributed by atoms with Crippen LogP contribution in [0.1, 0.15) is 12.0 Å². The summed E-state index contributed by atoms with van der Waals surface area (Å²) in [5.41, 5.74) is 1.57. The molecule has 0 aliphatic heterocycles. The summed E-state index contributed by atoms with van der Waals surface area (Å²) in [5, 5.41) is 3.97. The molecule has 1 N–H and O–H groups in total. The van der Waals surface area contributed by atoms with E-state index in [0.29, 0.717) is 16.7 Å². The van der Waals surface area contributed by atoms with Crippen LogP contribution in [0, 0.1) is 5.82 Å². The number of ether oxygens (including phenoxy) is 1. The molecule has 0 aliphatic carbocycles. The molecule has 3 rings (SSSR count). The molecule has 2 aromatic carbocycles. The van der Waals surface area contributed by atoms with Gasteiger partial charge in [-0.3, -0.25) is 0 Å². The lowest BCUT2D eigenvalue weighted by atomic mass is 10.1. The smallest absolute Gasteiger partial charge is 0.149 e. The van der Waals surface area contributed by atoms with Crippen molar-refractivity contribution >= 4 is 16.7 Å². The predicted molar refractivity (Wildman–Crippen MR) is 89.3 cm³/mol. The minimum Gasteiger partial charge on any atom is -0.497 e. The molecular weight excluding hydrogens is 293 g/mol. The number of halogens is 1. The third-order valence-corrected chi connectivity index (χ3v) is 3.68. The summed E-state index contributed by atoms with van der Waals surface area (Å²) in [6.07, 6.45) is 3.26. The van der Waals surface area contributed by atoms with E-state index in [0.717, 1.165) is 25.1 Å². The largest absolute Gasteiger partial charge is 0.497 e. The molecular formula is C18H18FN3O. The number of nitrogens with one attached hydrogen (secondary N) is 1. The molecule has 0 aliphatic rings. The third-order valence-electron chi connectivity index (χ3n) is 3.68. The van der Waals surface area contributed by atoms with Crippen LogP contribution < -0.4 is 10.1 Å². The number of methoxy groups -OCH3 is 1. The van der Waals surface area contributed by atoms with Crippen molar-refractivity contribution in [3.05, 3.63) is 60.2 Å². The van der Waals surface area contributed by atoms with Gasteiger partial charge in [-0.25, -0.2) is 14.4 Å². The normalized spacial score (nSPS) is 10.7. The van der Waals surface area contributed by atoms with E-state index in [4.69, 9.17) is 4.74 Å². The van der Waals surface area contributed by atoms with Gasteiger partial charge in [0, 0.05) is 11.9 Å². The Morgan fingerprint density at radius 3 is 2.87 bits per heavy atom. The van der Waals surface area contributed by atoms with Crippen molar-refractivity contribution in [2.24, 2.45) is 0 Å². The van der Waals surface area contributed by atoms with Crippen LogP contribution in [0.3, 0.4) is 0 Å². The number of nitrogens with zero attached hydrogens (tertiary/aromatic N) is 2. The Morgan fingerprint density at radius 2 is 2.00 bits per heavy atom. The Hall–Kier alpha value is -2.69. The monoisotopic (exact) mass is 311 g/mol. The van der Waals surface area contributed by atoms with Gasteiger partial charge in [0.25, 0.3) is 0 Å². The molecule has 1 heterocycles. The Labute approximate surface area is 134 Å². The molecule has 0 fully saturated rings. The van der Waals surface area contributed by atoms with Crippen LogP contribution in [0.15, 0.2) is 48.8 Å². The number of benzene rings is 2. The second-order valence-electron chi connectivity index (χ2n) is 5.24. The van der Waals surface area contributed by atoms with E-state index in [1.54, 1.807) is 13.2 Å². The summed E-state index contributed by atoms with van der Waals surface area (Å²) in [5.74, 6) is 1.21. The molecule has 0 saturated carbocycles. The summed E-state index contributed by atoms with van der Waals surface area (Å²) in [6, 6.07) is 12.9. The zero-order valence-electron chi connectivity index (χ0n) is 12.9. The quantitative estimate of drug-likeness (QED) is 0.703. The first-order chi connectivity index (χ1) is 11.3. The van der Waals surface area contributed by atoms with Crippen LogP contribution in [0.25, 0.3) is 10.9 Å². The minimum atomic E-state index is -0.329. The molecule has 0 saturated heterocycles. The van der Waals surface area contributed by atoms with Crippen LogP contribution in [0.5, 0.6) is 5.75 Å². The number of aryl methyl sites for hydroxylation is 1. The third kappa shape index (κ3) is 3.56. The topological polar surface area (TPSA) is 47.0 Å². The van der Waals surface area contributed by atoms with E-state index in [-0.39, 0.29) is 5.82 Å². The van der Waals surface area contributed by atoms with E-state index >= 15 is 0 Å². The first-order valence-corrected chi connectivity index (χ1v) is 7.54. The highest BCUT2D eigenvalue weighted by Gasteiger charge is 2.06. The molecule has 0 spiro atoms. The number of rotatable bonds is 6. The van der Waals surface area contributed by atoms with Crippen molar-refractivity contribution in [2.45, 2.75) is 12.8 Å². The number of aromatic nitrogens is 2. The van der Waals surface area contributed by atoms with E-state index < -0.39 is 0 Å². The SMILES string of the molecule is COc1cccc(CCCNc2ncnc3c(F)cccc23)c1. The highest BCUT2D eigenvalue weighted by molar-refractivity contribution is 5.89. The van der Waals surface area contributed by atoms with Crippen LogP contribution in [-0.2, 0) is 6.42 Å². The van der Waals surface area contributed by atoms with E-state index in [2.05, 4.69) is 21.4 Å². The van der Waals surface area contributed by atoms with Gasteiger partial charge < -0.3 is 10.1 Å². The first-order valence-electron chi connectivity index (χ1n) is 7.54. The van der Waals surface area contributed by atoms with Crippen LogP contribution in [0.4, 0.5) is 10.2 Å². The van der Waals surface area contributed by atoms with Crippen LogP contribution in [-0.4, -0.2) is 23.6 Å². The molecule has 5 heteroatoms. The van der Waals surface area contributed by atoms with Gasteiger partial charge in [-0.05, 0) is 42.7 Å². The maximum Gasteiger partial charge on any atom is 0.149 e. The fourth-order valence-corrected chi connectivity index (χ4v) is 2.52. The lowest BCUT2D eigenvalue weighted by molar-refractivity contribution is 0.414. The lowest BCUT2D eigenvalue weighted by Gasteiger charge is -2.09. The van der Waals surface area contributed by atoms with Gasteiger partial charge in [0.2, 0.25) is 0 Å². The molecule has 3 aromatic rings. The average molecular weight is 311 g/mol. The van der Waals surface area contributed by atoms with Crippen molar-refractivity contribution in [3.63, 3.8) is 0 Å². The highest BCUT2D eigenvalue weighted by atomic mass is 19.1. The number of fused-ring (bicyclic) bond motifs is 1. The number of para-hydroxylation sites is 1. The second-order valence-corrected chi connectivity index (χ2v) is 5.24. The van der Waals surface area contributed by atoms with E-state index in [9.17, 15) is 4.39 Å². The Bertz CT molecular complexity index is 807. The van der Waals surface area contributed by atoms with Crippen molar-refractivity contribution in [1.29, 1.82) is 0 Å². The highest BCUT2D eigenvalue weighted by Crippen LogP contribution is 2.21. The van der Waals surface area contributed by atoms with Crippen LogP contribution in [0.2, 0.25) is 0 Å². The molecule has 0 amide bonds. The van der Waals surface area contributed by atoms with Gasteiger partial charge in [0.15, 0.2) is 0 Å². The zero-order valence-corrected chi connectivity index (χ0v) is 12.9. The van der Waals surface area contributed by atoms with Gasteiger partial charge in [0.05, 0.1) is 7.11 Å². The summed E-state index contributed by atoms with van der Waals surface area (Å²) >= 11 is 0. The summed E-state index contributed by atoms with van der Waals surface area (Å²) < 4.78 is 18.9. The fourth-order valence-electron chi connectivity index (χ4n) is 2.52. The summed E-state index contributed by atoms with van der Waals surface area (Å²) in [4.78, 5) is 8.21. The van der Waals surface area contributed by atoms with E-state index in [1.165, 1.54) is 18.0 Å². The average Bonchev–Trinajstić information content (AvgIpc) is 2.59. The maximum atomic E-state index is 13.7. The molecule has 23 heavy (non-hydrogen) atoms. The summed E-state index contributed by atoms with van der Waals surface area (Å²) in [7, 11) is 1.67. The molecule has 0 bridgehead atoms. The van der Waals surface area contributed by atoms with Crippen molar-refractivity contribution in [1.82, 2.24) is 9.97 Å². The Morgan fingerprint density at radius 1 is 1.13 bits per heavy atom. The maximum absolute atomic E-state index is 13.7. The molecule has 0 radical (unpaired) electrons. The first kappa shape index (κ1) is 15.2.